The lowest BCUT2D eigenvalue weighted by Gasteiger charge is -2.08. The summed E-state index contributed by atoms with van der Waals surface area (Å²) in [5.41, 5.74) is 0. The lowest BCUT2D eigenvalue weighted by atomic mass is 10.4. The molecule has 0 aliphatic rings. The van der Waals surface area contributed by atoms with E-state index in [0.717, 1.165) is 0 Å². The Morgan fingerprint density at radius 2 is 1.88 bits per heavy atom. The molecule has 0 fully saturated rings. The quantitative estimate of drug-likeness (QED) is 0.592. The normalized spacial score (nSPS) is 12.8. The molecular formula is C3H2BrF4. The molecule has 0 aliphatic carbocycles. The Hall–Kier alpha value is 0.200. The van der Waals surface area contributed by atoms with Crippen molar-refractivity contribution < 1.29 is 17.6 Å². The van der Waals surface area contributed by atoms with Crippen molar-refractivity contribution in [2.75, 3.05) is 6.67 Å². The van der Waals surface area contributed by atoms with E-state index in [2.05, 4.69) is 0 Å². The van der Waals surface area contributed by atoms with Crippen molar-refractivity contribution in [1.29, 1.82) is 0 Å². The molecule has 0 saturated heterocycles. The lowest BCUT2D eigenvalue weighted by Crippen LogP contribution is -2.21. The maximum atomic E-state index is 11.4. The topological polar surface area (TPSA) is 0 Å². The van der Waals surface area contributed by atoms with Crippen molar-refractivity contribution in [1.82, 2.24) is 0 Å². The Labute approximate surface area is 52.0 Å². The number of halogens is 5. The molecule has 5 heteroatoms. The highest BCUT2D eigenvalue weighted by molar-refractivity contribution is 9.11. The van der Waals surface area contributed by atoms with Crippen LogP contribution in [0, 0.1) is 5.08 Å². The van der Waals surface area contributed by atoms with Crippen LogP contribution in [0.1, 0.15) is 0 Å². The maximum absolute atomic E-state index is 11.4. The van der Waals surface area contributed by atoms with Crippen LogP contribution in [0.2, 0.25) is 0 Å². The van der Waals surface area contributed by atoms with Crippen LogP contribution in [-0.4, -0.2) is 12.6 Å². The Kier molecular flexibility index (Phi) is 2.73. The zero-order valence-corrected chi connectivity index (χ0v) is 5.18. The molecule has 0 amide bonds. The van der Waals surface area contributed by atoms with Gasteiger partial charge in [-0.25, -0.2) is 8.78 Å². The third kappa shape index (κ3) is 1.98. The molecule has 0 nitrogen and oxygen atoms in total. The second kappa shape index (κ2) is 2.66. The van der Waals surface area contributed by atoms with E-state index in [1.807, 2.05) is 15.9 Å². The first-order chi connectivity index (χ1) is 3.50. The third-order valence-electron chi connectivity index (χ3n) is 0.444. The van der Waals surface area contributed by atoms with Crippen LogP contribution in [0.4, 0.5) is 17.6 Å². The van der Waals surface area contributed by atoms with Crippen LogP contribution in [-0.2, 0) is 0 Å². The molecule has 0 aromatic rings. The van der Waals surface area contributed by atoms with Crippen LogP contribution in [0.25, 0.3) is 0 Å². The molecule has 49 valence electrons. The van der Waals surface area contributed by atoms with Gasteiger partial charge in [0.2, 0.25) is 0 Å². The van der Waals surface area contributed by atoms with Gasteiger partial charge in [-0.1, -0.05) is 0 Å². The molecule has 0 aromatic carbocycles. The smallest absolute Gasteiger partial charge is 0.244 e. The second-order valence-corrected chi connectivity index (χ2v) is 1.79. The van der Waals surface area contributed by atoms with Gasteiger partial charge in [-0.15, -0.1) is 0 Å². The Balaban J connectivity index is 3.71. The van der Waals surface area contributed by atoms with Crippen LogP contribution < -0.4 is 0 Å². The summed E-state index contributed by atoms with van der Waals surface area (Å²) in [5, 5.41) is -1.87. The fraction of sp³-hybridized carbons (Fsp3) is 0.667. The van der Waals surface area contributed by atoms with E-state index in [-0.39, 0.29) is 0 Å². The Bertz CT molecular complexity index is 71.7. The van der Waals surface area contributed by atoms with E-state index in [0.29, 0.717) is 0 Å². The average Bonchev–Trinajstić information content (AvgIpc) is 1.67. The minimum Gasteiger partial charge on any atom is -0.244 e. The highest BCUT2D eigenvalue weighted by atomic mass is 79.9. The van der Waals surface area contributed by atoms with Crippen molar-refractivity contribution in [3.8, 4) is 0 Å². The van der Waals surface area contributed by atoms with Crippen molar-refractivity contribution >= 4 is 15.9 Å². The summed E-state index contributed by atoms with van der Waals surface area (Å²) < 4.78 is 45.2. The molecule has 0 aliphatic heterocycles. The highest BCUT2D eigenvalue weighted by Gasteiger charge is 2.40. The number of rotatable bonds is 2. The van der Waals surface area contributed by atoms with Crippen molar-refractivity contribution in [3.63, 3.8) is 0 Å². The molecule has 0 spiro atoms. The van der Waals surface area contributed by atoms with Crippen molar-refractivity contribution in [3.05, 3.63) is 5.08 Å². The maximum Gasteiger partial charge on any atom is 0.323 e. The molecule has 1 radical (unpaired) electrons. The summed E-state index contributed by atoms with van der Waals surface area (Å²) in [6.45, 7) is -2.01. The molecule has 0 saturated carbocycles. The van der Waals surface area contributed by atoms with Gasteiger partial charge in [-0.05, 0) is 15.9 Å². The fourth-order valence-electron chi connectivity index (χ4n) is 0.0505. The van der Waals surface area contributed by atoms with Gasteiger partial charge in [0.1, 0.15) is 0 Å². The van der Waals surface area contributed by atoms with Gasteiger partial charge in [0, 0.05) is 0 Å². The molecule has 0 aromatic heterocycles. The van der Waals surface area contributed by atoms with Crippen molar-refractivity contribution in [2.24, 2.45) is 0 Å². The van der Waals surface area contributed by atoms with Crippen molar-refractivity contribution in [2.45, 2.75) is 5.92 Å². The second-order valence-electron chi connectivity index (χ2n) is 1.10. The molecule has 0 bridgehead atoms. The summed E-state index contributed by atoms with van der Waals surface area (Å²) in [7, 11) is 0. The van der Waals surface area contributed by atoms with E-state index in [9.17, 15) is 17.6 Å². The molecule has 0 heterocycles. The Morgan fingerprint density at radius 3 is 1.88 bits per heavy atom. The minimum atomic E-state index is -3.96. The van der Waals surface area contributed by atoms with Crippen LogP contribution in [0.5, 0.6) is 0 Å². The predicted octanol–water partition coefficient (Wildman–Crippen LogP) is 2.45. The summed E-state index contributed by atoms with van der Waals surface area (Å²) in [5.74, 6) is -3.96. The predicted molar refractivity (Wildman–Crippen MR) is 24.2 cm³/mol. The van der Waals surface area contributed by atoms with Gasteiger partial charge in [0.15, 0.2) is 6.67 Å². The number of alkyl halides is 3. The van der Waals surface area contributed by atoms with Gasteiger partial charge in [-0.2, -0.15) is 8.78 Å². The number of hydrogen-bond donors (Lipinski definition) is 0. The average molecular weight is 194 g/mol. The monoisotopic (exact) mass is 193 g/mol. The fourth-order valence-corrected chi connectivity index (χ4v) is 0.156. The first-order valence-corrected chi connectivity index (χ1v) is 2.42. The summed E-state index contributed by atoms with van der Waals surface area (Å²) in [6, 6.07) is 0. The van der Waals surface area contributed by atoms with Gasteiger partial charge in [0.25, 0.3) is 5.08 Å². The largest absolute Gasteiger partial charge is 0.323 e. The van der Waals surface area contributed by atoms with Crippen LogP contribution in [0.15, 0.2) is 0 Å². The summed E-state index contributed by atoms with van der Waals surface area (Å²) in [4.78, 5) is 0. The van der Waals surface area contributed by atoms with E-state index in [4.69, 9.17) is 0 Å². The zero-order chi connectivity index (χ0) is 6.78. The SMILES string of the molecule is FCC(F)(F)[C](F)Br. The minimum absolute atomic E-state index is 1.82. The van der Waals surface area contributed by atoms with E-state index < -0.39 is 17.7 Å². The van der Waals surface area contributed by atoms with Gasteiger partial charge in [-0.3, -0.25) is 0 Å². The molecule has 0 rings (SSSR count). The molecule has 8 heavy (non-hydrogen) atoms. The van der Waals surface area contributed by atoms with Gasteiger partial charge in [0.05, 0.1) is 0 Å². The first kappa shape index (κ1) is 8.20. The Morgan fingerprint density at radius 1 is 1.50 bits per heavy atom. The molecule has 0 atom stereocenters. The third-order valence-corrected chi connectivity index (χ3v) is 1.02. The summed E-state index contributed by atoms with van der Waals surface area (Å²) in [6.07, 6.45) is 0. The zero-order valence-electron chi connectivity index (χ0n) is 3.60. The van der Waals surface area contributed by atoms with E-state index in [1.165, 1.54) is 0 Å². The lowest BCUT2D eigenvalue weighted by molar-refractivity contribution is -0.0171. The van der Waals surface area contributed by atoms with Crippen LogP contribution >= 0.6 is 15.9 Å². The van der Waals surface area contributed by atoms with E-state index >= 15 is 0 Å². The summed E-state index contributed by atoms with van der Waals surface area (Å²) >= 11 is 1.82. The van der Waals surface area contributed by atoms with E-state index in [1.54, 1.807) is 0 Å². The molecule has 0 N–H and O–H groups in total. The van der Waals surface area contributed by atoms with Gasteiger partial charge >= 0.3 is 5.92 Å². The standard InChI is InChI=1S/C3H2BrF4/c4-2(6)3(7,8)1-5/h1H2. The highest BCUT2D eigenvalue weighted by Crippen LogP contribution is 2.32. The van der Waals surface area contributed by atoms with Gasteiger partial charge < -0.3 is 0 Å². The molecule has 0 unspecified atom stereocenters. The first-order valence-electron chi connectivity index (χ1n) is 1.63. The number of hydrogen-bond acceptors (Lipinski definition) is 0. The van der Waals surface area contributed by atoms with Crippen LogP contribution in [0.3, 0.4) is 0 Å². The molecular weight excluding hydrogens is 192 g/mol.